The Hall–Kier alpha value is -1.21. The molecule has 0 aromatic heterocycles. The lowest BCUT2D eigenvalue weighted by atomic mass is 10.2. The predicted octanol–water partition coefficient (Wildman–Crippen LogP) is 2.45. The van der Waals surface area contributed by atoms with Crippen LogP contribution in [0.5, 0.6) is 0 Å². The Morgan fingerprint density at radius 2 is 2.05 bits per heavy atom. The van der Waals surface area contributed by atoms with Gasteiger partial charge in [0, 0.05) is 11.0 Å². The summed E-state index contributed by atoms with van der Waals surface area (Å²) in [6.07, 6.45) is -1.32. The molecule has 2 N–H and O–H groups in total. The zero-order chi connectivity index (χ0) is 14.4. The van der Waals surface area contributed by atoms with E-state index < -0.39 is 23.7 Å². The minimum Gasteiger partial charge on any atom is -0.466 e. The first-order chi connectivity index (χ1) is 8.93. The van der Waals surface area contributed by atoms with Gasteiger partial charge in [-0.3, -0.25) is 4.79 Å². The Morgan fingerprint density at radius 3 is 2.58 bits per heavy atom. The molecule has 0 aliphatic heterocycles. The van der Waals surface area contributed by atoms with Crippen molar-refractivity contribution in [2.45, 2.75) is 19.4 Å². The Kier molecular flexibility index (Phi) is 6.17. The maximum Gasteiger partial charge on any atom is 0.308 e. The fourth-order valence-electron chi connectivity index (χ4n) is 1.42. The van der Waals surface area contributed by atoms with Gasteiger partial charge >= 0.3 is 5.97 Å². The van der Waals surface area contributed by atoms with Crippen LogP contribution in [0.2, 0.25) is 0 Å². The monoisotopic (exact) mass is 337 g/mol. The highest BCUT2D eigenvalue weighted by Crippen LogP contribution is 2.23. The molecular weight excluding hydrogens is 324 g/mol. The summed E-state index contributed by atoms with van der Waals surface area (Å²) in [6, 6.07) is 2.20. The second-order valence-electron chi connectivity index (χ2n) is 3.79. The zero-order valence-electron chi connectivity index (χ0n) is 10.3. The van der Waals surface area contributed by atoms with Gasteiger partial charge in [0.25, 0.3) is 0 Å². The number of hydrogen-bond donors (Lipinski definition) is 2. The van der Waals surface area contributed by atoms with E-state index in [9.17, 15) is 18.7 Å². The normalized spacial score (nSPS) is 12.1. The van der Waals surface area contributed by atoms with Crippen LogP contribution in [-0.2, 0) is 9.53 Å². The van der Waals surface area contributed by atoms with Gasteiger partial charge in [-0.25, -0.2) is 8.78 Å². The molecule has 19 heavy (non-hydrogen) atoms. The van der Waals surface area contributed by atoms with Gasteiger partial charge in [0.05, 0.1) is 19.1 Å². The highest BCUT2D eigenvalue weighted by atomic mass is 79.9. The number of benzene rings is 1. The van der Waals surface area contributed by atoms with E-state index >= 15 is 0 Å². The lowest BCUT2D eigenvalue weighted by molar-refractivity contribution is -0.145. The van der Waals surface area contributed by atoms with Gasteiger partial charge in [-0.15, -0.1) is 0 Å². The second-order valence-corrected chi connectivity index (χ2v) is 4.70. The van der Waals surface area contributed by atoms with Crippen molar-refractivity contribution in [3.05, 3.63) is 28.2 Å². The number of aliphatic hydroxyl groups is 1. The molecule has 0 fully saturated rings. The Balaban J connectivity index is 2.55. The van der Waals surface area contributed by atoms with E-state index in [1.807, 2.05) is 0 Å². The molecule has 0 aliphatic rings. The van der Waals surface area contributed by atoms with E-state index in [0.717, 1.165) is 12.1 Å². The molecule has 1 aromatic carbocycles. The number of rotatable bonds is 6. The first-order valence-corrected chi connectivity index (χ1v) is 6.45. The van der Waals surface area contributed by atoms with Crippen molar-refractivity contribution < 1.29 is 23.4 Å². The van der Waals surface area contributed by atoms with Crippen LogP contribution in [0.3, 0.4) is 0 Å². The van der Waals surface area contributed by atoms with Crippen LogP contribution in [0.15, 0.2) is 16.6 Å². The molecule has 0 saturated heterocycles. The summed E-state index contributed by atoms with van der Waals surface area (Å²) in [5.41, 5.74) is -0.342. The summed E-state index contributed by atoms with van der Waals surface area (Å²) in [4.78, 5) is 11.1. The third kappa shape index (κ3) is 5.12. The van der Waals surface area contributed by atoms with Crippen molar-refractivity contribution in [1.82, 2.24) is 0 Å². The number of halogens is 3. The van der Waals surface area contributed by atoms with Crippen molar-refractivity contribution in [2.75, 3.05) is 18.5 Å². The predicted molar refractivity (Wildman–Crippen MR) is 69.8 cm³/mol. The number of anilines is 1. The first-order valence-electron chi connectivity index (χ1n) is 5.66. The van der Waals surface area contributed by atoms with Gasteiger partial charge < -0.3 is 15.2 Å². The molecule has 1 rings (SSSR count). The molecule has 7 heteroatoms. The Morgan fingerprint density at radius 1 is 1.47 bits per heavy atom. The molecule has 1 aromatic rings. The van der Waals surface area contributed by atoms with Crippen LogP contribution in [0, 0.1) is 11.6 Å². The van der Waals surface area contributed by atoms with E-state index in [1.54, 1.807) is 6.92 Å². The Bertz CT molecular complexity index is 434. The molecule has 0 heterocycles. The number of carbonyl (C=O) groups excluding carboxylic acids is 1. The zero-order valence-corrected chi connectivity index (χ0v) is 11.8. The smallest absolute Gasteiger partial charge is 0.308 e. The van der Waals surface area contributed by atoms with Crippen LogP contribution in [0.1, 0.15) is 13.3 Å². The van der Waals surface area contributed by atoms with Crippen molar-refractivity contribution in [1.29, 1.82) is 0 Å². The Labute approximate surface area is 117 Å². The van der Waals surface area contributed by atoms with Crippen LogP contribution < -0.4 is 5.32 Å². The summed E-state index contributed by atoms with van der Waals surface area (Å²) in [5, 5.41) is 12.0. The molecule has 0 amide bonds. The molecule has 0 aliphatic carbocycles. The minimum atomic E-state index is -1.08. The van der Waals surface area contributed by atoms with E-state index in [1.165, 1.54) is 0 Å². The number of hydrogen-bond acceptors (Lipinski definition) is 4. The summed E-state index contributed by atoms with van der Waals surface area (Å²) in [7, 11) is 0. The summed E-state index contributed by atoms with van der Waals surface area (Å²) in [5.74, 6) is -2.13. The number of aliphatic hydroxyl groups excluding tert-OH is 1. The van der Waals surface area contributed by atoms with E-state index in [2.05, 4.69) is 26.0 Å². The maximum atomic E-state index is 13.4. The number of carbonyl (C=O) groups is 1. The molecule has 0 bridgehead atoms. The fourth-order valence-corrected chi connectivity index (χ4v) is 1.82. The number of nitrogens with one attached hydrogen (secondary N) is 1. The van der Waals surface area contributed by atoms with Crippen LogP contribution in [0.4, 0.5) is 14.5 Å². The largest absolute Gasteiger partial charge is 0.466 e. The summed E-state index contributed by atoms with van der Waals surface area (Å²) >= 11 is 2.96. The average molecular weight is 338 g/mol. The van der Waals surface area contributed by atoms with Crippen LogP contribution >= 0.6 is 15.9 Å². The highest BCUT2D eigenvalue weighted by Gasteiger charge is 2.15. The molecule has 0 saturated carbocycles. The van der Waals surface area contributed by atoms with Gasteiger partial charge in [0.15, 0.2) is 0 Å². The molecule has 0 radical (unpaired) electrons. The van der Waals surface area contributed by atoms with Crippen molar-refractivity contribution in [2.24, 2.45) is 0 Å². The standard InChI is InChI=1S/C12H14BrF2NO3/c1-2-19-11(18)5-8(17)6-16-12-9(14)3-7(13)4-10(12)15/h3-4,8,16-17H,2,5-6H2,1H3. The third-order valence-electron chi connectivity index (χ3n) is 2.23. The van der Waals surface area contributed by atoms with Crippen LogP contribution in [0.25, 0.3) is 0 Å². The first kappa shape index (κ1) is 15.8. The minimum absolute atomic E-state index is 0.158. The van der Waals surface area contributed by atoms with Gasteiger partial charge in [0.2, 0.25) is 0 Å². The molecule has 1 atom stereocenters. The molecule has 0 spiro atoms. The number of ether oxygens (including phenoxy) is 1. The van der Waals surface area contributed by atoms with Crippen molar-refractivity contribution >= 4 is 27.6 Å². The quantitative estimate of drug-likeness (QED) is 0.783. The van der Waals surface area contributed by atoms with Gasteiger partial charge in [-0.05, 0) is 19.1 Å². The van der Waals surface area contributed by atoms with Gasteiger partial charge in [0.1, 0.15) is 17.3 Å². The number of esters is 1. The van der Waals surface area contributed by atoms with Crippen molar-refractivity contribution in [3.63, 3.8) is 0 Å². The van der Waals surface area contributed by atoms with E-state index in [-0.39, 0.29) is 29.7 Å². The SMILES string of the molecule is CCOC(=O)CC(O)CNc1c(F)cc(Br)cc1F. The topological polar surface area (TPSA) is 58.6 Å². The lowest BCUT2D eigenvalue weighted by Crippen LogP contribution is -2.24. The highest BCUT2D eigenvalue weighted by molar-refractivity contribution is 9.10. The molecule has 1 unspecified atom stereocenters. The summed E-state index contributed by atoms with van der Waals surface area (Å²) < 4.78 is 31.8. The molecular formula is C12H14BrF2NO3. The van der Waals surface area contributed by atoms with Gasteiger partial charge in [-0.2, -0.15) is 0 Å². The molecule has 106 valence electrons. The maximum absolute atomic E-state index is 13.4. The second kappa shape index (κ2) is 7.40. The van der Waals surface area contributed by atoms with Crippen molar-refractivity contribution in [3.8, 4) is 0 Å². The average Bonchev–Trinajstić information content (AvgIpc) is 2.27. The van der Waals surface area contributed by atoms with Gasteiger partial charge in [-0.1, -0.05) is 15.9 Å². The van der Waals surface area contributed by atoms with Crippen LogP contribution in [-0.4, -0.2) is 30.3 Å². The fraction of sp³-hybridized carbons (Fsp3) is 0.417. The lowest BCUT2D eigenvalue weighted by Gasteiger charge is -2.13. The van der Waals surface area contributed by atoms with E-state index in [0.29, 0.717) is 0 Å². The molecule has 4 nitrogen and oxygen atoms in total. The third-order valence-corrected chi connectivity index (χ3v) is 2.69. The summed E-state index contributed by atoms with van der Waals surface area (Å²) in [6.45, 7) is 1.71. The van der Waals surface area contributed by atoms with E-state index in [4.69, 9.17) is 0 Å².